The number of aryl methyl sites for hydroxylation is 3. The number of carbonyl (C=O) groups excluding carboxylic acids is 2. The van der Waals surface area contributed by atoms with Gasteiger partial charge in [0, 0.05) is 19.4 Å². The summed E-state index contributed by atoms with van der Waals surface area (Å²) in [4.78, 5) is 20.3. The van der Waals surface area contributed by atoms with Gasteiger partial charge in [-0.2, -0.15) is 9.90 Å². The maximum atomic E-state index is 10.2. The molecule has 0 saturated heterocycles. The molecule has 534 valence electrons. The van der Waals surface area contributed by atoms with Crippen LogP contribution in [-0.2, 0) is 28.9 Å². The molecule has 0 aliphatic rings. The second-order valence-electron chi connectivity index (χ2n) is 22.2. The molecule has 0 radical (unpaired) electrons. The van der Waals surface area contributed by atoms with Crippen LogP contribution in [0.15, 0.2) is 97.1 Å². The van der Waals surface area contributed by atoms with Gasteiger partial charge in [-0.1, -0.05) is 264 Å². The van der Waals surface area contributed by atoms with Crippen molar-refractivity contribution in [3.63, 3.8) is 0 Å². The number of benzene rings is 3. The van der Waals surface area contributed by atoms with Crippen LogP contribution < -0.4 is 0 Å². The third kappa shape index (κ3) is 82.9. The molecule has 0 spiro atoms. The molecule has 3 rings (SSSR count). The van der Waals surface area contributed by atoms with Crippen LogP contribution in [0.2, 0.25) is 0 Å². The van der Waals surface area contributed by atoms with Crippen LogP contribution in [-0.4, -0.2) is 39.6 Å². The Hall–Kier alpha value is 2.29. The molecule has 0 heterocycles. The molecule has 0 amide bonds. The molecule has 3 aromatic carbocycles. The minimum Gasteiger partial charge on any atom is -0.508 e. The van der Waals surface area contributed by atoms with Gasteiger partial charge < -0.3 is 30.0 Å². The van der Waals surface area contributed by atoms with Gasteiger partial charge in [0.25, 0.3) is 0 Å². The highest BCUT2D eigenvalue weighted by Crippen LogP contribution is 3.00. The van der Waals surface area contributed by atoms with E-state index in [1.165, 1.54) is 222 Å². The molecular weight excluding hydrogens is 1400 g/mol. The first kappa shape index (κ1) is 107. The fourth-order valence-electron chi connectivity index (χ4n) is 9.29. The molecule has 0 bridgehead atoms. The number of allylic oxidation sites excluding steroid dienone is 4. The van der Waals surface area contributed by atoms with E-state index in [-0.39, 0.29) is 74.5 Å². The van der Waals surface area contributed by atoms with E-state index in [0.717, 1.165) is 63.9 Å². The molecule has 0 aromatic heterocycles. The van der Waals surface area contributed by atoms with Crippen molar-refractivity contribution >= 4 is 138 Å². The molecule has 21 heteroatoms. The highest BCUT2D eigenvalue weighted by atomic mass is 33.1. The molecular formula is C70H143O6P15. The molecule has 0 aliphatic carbocycles. The van der Waals surface area contributed by atoms with Crippen LogP contribution in [0.4, 0.5) is 0 Å². The maximum Gasteiger partial charge on any atom is 0.120 e. The lowest BCUT2D eigenvalue weighted by molar-refractivity contribution is -0.108. The summed E-state index contributed by atoms with van der Waals surface area (Å²) in [7, 11) is 25.5. The Kier molecular flexibility index (Phi) is 99.3. The third-order valence-electron chi connectivity index (χ3n) is 14.3. The van der Waals surface area contributed by atoms with Gasteiger partial charge in [0.1, 0.15) is 29.8 Å². The van der Waals surface area contributed by atoms with Crippen LogP contribution in [0, 0.1) is 0 Å². The van der Waals surface area contributed by atoms with Crippen molar-refractivity contribution in [1.29, 1.82) is 0 Å². The highest BCUT2D eigenvalue weighted by Gasteiger charge is 2.10. The van der Waals surface area contributed by atoms with E-state index in [2.05, 4.69) is 123 Å². The van der Waals surface area contributed by atoms with Crippen molar-refractivity contribution in [2.45, 2.75) is 293 Å². The van der Waals surface area contributed by atoms with E-state index in [0.29, 0.717) is 30.3 Å². The number of phenols is 3. The molecule has 10 unspecified atom stereocenters. The summed E-state index contributed by atoms with van der Waals surface area (Å²) in [6, 6.07) is 22.9. The number of hydrogen-bond donors (Lipinski definition) is 4. The lowest BCUT2D eigenvalue weighted by atomic mass is 10.0. The zero-order valence-corrected chi connectivity index (χ0v) is 70.1. The van der Waals surface area contributed by atoms with Gasteiger partial charge in [0.05, 0.1) is 0 Å². The topological polar surface area (TPSA) is 115 Å². The van der Waals surface area contributed by atoms with Gasteiger partial charge in [-0.25, -0.2) is 0 Å². The van der Waals surface area contributed by atoms with Gasteiger partial charge in [0.15, 0.2) is 0 Å². The van der Waals surface area contributed by atoms with Crippen molar-refractivity contribution in [1.82, 2.24) is 0 Å². The smallest absolute Gasteiger partial charge is 0.120 e. The van der Waals surface area contributed by atoms with Gasteiger partial charge in [-0.3, -0.25) is 0 Å². The average Bonchev–Trinajstić information content (AvgIpc) is 3.53. The Morgan fingerprint density at radius 3 is 0.802 bits per heavy atom. The first-order chi connectivity index (χ1) is 41.7. The van der Waals surface area contributed by atoms with Crippen LogP contribution >= 0.6 is 125 Å². The van der Waals surface area contributed by atoms with Gasteiger partial charge in [0.2, 0.25) is 0 Å². The predicted molar refractivity (Wildman–Crippen MR) is 468 cm³/mol. The normalized spacial score (nSPS) is 10.6. The first-order valence-corrected chi connectivity index (χ1v) is 55.9. The van der Waals surface area contributed by atoms with E-state index >= 15 is 0 Å². The zero-order chi connectivity index (χ0) is 63.8. The second kappa shape index (κ2) is 84.7. The van der Waals surface area contributed by atoms with Gasteiger partial charge >= 0.3 is 0 Å². The predicted octanol–water partition coefficient (Wildman–Crippen LogP) is 29.0. The minimum absolute atomic E-state index is 0. The van der Waals surface area contributed by atoms with Gasteiger partial charge in [-0.15, -0.1) is 80.4 Å². The van der Waals surface area contributed by atoms with Crippen molar-refractivity contribution in [2.75, 3.05) is 6.61 Å². The third-order valence-corrected chi connectivity index (χ3v) is 73.5. The number of aliphatic hydroxyl groups excluding tert-OH is 1. The summed E-state index contributed by atoms with van der Waals surface area (Å²) in [5, 5.41) is 37.0. The second-order valence-corrected chi connectivity index (χ2v) is 70.0. The quantitative estimate of drug-likeness (QED) is 0.0194. The fourth-order valence-corrected chi connectivity index (χ4v) is 38.1. The van der Waals surface area contributed by atoms with Gasteiger partial charge in [-0.05, 0) is 165 Å². The van der Waals surface area contributed by atoms with E-state index in [1.807, 2.05) is 36.4 Å². The number of aromatic hydroxyl groups is 3. The SMILES string of the molecule is C.C.C.C.O=CCC/C=C\C/C=C\CCCCCCCCc1cccc(O)c1.O=CCCCCCCCCCCCCCCCc1cccc(O)c1.OCCCCCCCCCCCCCCCCc1cccc(O)c1.P.PP(P)P(P)P.PP(P)P(P)P(P)P. The van der Waals surface area contributed by atoms with Crippen molar-refractivity contribution in [2.24, 2.45) is 0 Å². The van der Waals surface area contributed by atoms with E-state index in [1.54, 1.807) is 18.2 Å². The fraction of sp³-hybridized carbons (Fsp3) is 0.657. The lowest BCUT2D eigenvalue weighted by Crippen LogP contribution is -1.87. The molecule has 6 nitrogen and oxygen atoms in total. The van der Waals surface area contributed by atoms with Crippen LogP contribution in [0.1, 0.15) is 290 Å². The molecule has 4 N–H and O–H groups in total. The molecule has 0 saturated carbocycles. The Morgan fingerprint density at radius 2 is 0.560 bits per heavy atom. The number of carbonyl (C=O) groups is 2. The Balaban J connectivity index is -0.000000205. The molecule has 0 aliphatic heterocycles. The summed E-state index contributed by atoms with van der Waals surface area (Å²) in [5.41, 5.74) is 3.74. The lowest BCUT2D eigenvalue weighted by Gasteiger charge is -2.18. The van der Waals surface area contributed by atoms with E-state index in [9.17, 15) is 24.9 Å². The maximum absolute atomic E-state index is 10.2. The number of unbranched alkanes of at least 4 members (excludes halogenated alkanes) is 33. The molecule has 0 fully saturated rings. The van der Waals surface area contributed by atoms with E-state index < -0.39 is 0 Å². The summed E-state index contributed by atoms with van der Waals surface area (Å²) in [6.45, 7) is 1.18. The standard InChI is InChI=1S/C22H38O2.C22H36O2.C22H32O2.4CH4.H10P8.H8P6.H3P/c3*23-19-14-12-10-8-6-4-2-1-3-5-7-9-11-13-16-21-17-15-18-22(24)20-21;;;;;1-6(2)8(5)7(3)4;1-5(2)6(3)4;/h15,17-18,20,23-24H,1-14,16,19H2;15,17-20,24H,1-14,16H2;2,4,8,10,15,17-20,24H,1,3,5-7,9,11-14,16H2;4*1H4;1-5H2;1-4H2;1H3/b;;4-2-,10-8-;;;;;;;. The number of rotatable bonds is 49. The minimum atomic E-state index is 0. The molecule has 10 atom stereocenters. The van der Waals surface area contributed by atoms with Crippen LogP contribution in [0.25, 0.3) is 0 Å². The Bertz CT molecular complexity index is 1970. The number of aliphatic hydroxyl groups is 1. The van der Waals surface area contributed by atoms with Crippen molar-refractivity contribution in [3.05, 3.63) is 114 Å². The Morgan fingerprint density at radius 1 is 0.308 bits per heavy atom. The van der Waals surface area contributed by atoms with Crippen LogP contribution in [0.5, 0.6) is 17.2 Å². The van der Waals surface area contributed by atoms with E-state index in [4.69, 9.17) is 5.11 Å². The summed E-state index contributed by atoms with van der Waals surface area (Å²) in [5.74, 6) is 1.14. The molecule has 3 aromatic rings. The largest absolute Gasteiger partial charge is 0.508 e. The number of hydrogen-bond acceptors (Lipinski definition) is 6. The molecule has 91 heavy (non-hydrogen) atoms. The highest BCUT2D eigenvalue weighted by molar-refractivity contribution is 9.06. The van der Waals surface area contributed by atoms with Crippen molar-refractivity contribution < 1.29 is 30.0 Å². The van der Waals surface area contributed by atoms with Crippen LogP contribution in [0.3, 0.4) is 0 Å². The van der Waals surface area contributed by atoms with Crippen molar-refractivity contribution in [3.8, 4) is 17.2 Å². The zero-order valence-electron chi connectivity index (χ0n) is 53.8. The first-order valence-electron chi connectivity index (χ1n) is 32.5. The summed E-state index contributed by atoms with van der Waals surface area (Å²) in [6.07, 6.45) is 61.6. The average molecular weight is 1550 g/mol. The number of aldehydes is 2. The summed E-state index contributed by atoms with van der Waals surface area (Å²) >= 11 is 0. The number of phenolic OH excluding ortho intramolecular Hbond substituents is 3. The summed E-state index contributed by atoms with van der Waals surface area (Å²) < 4.78 is 0. The Labute approximate surface area is 594 Å². The monoisotopic (exact) mass is 1540 g/mol.